The van der Waals surface area contributed by atoms with Crippen LogP contribution in [0.3, 0.4) is 0 Å². The summed E-state index contributed by atoms with van der Waals surface area (Å²) in [6.07, 6.45) is 0.836. The van der Waals surface area contributed by atoms with Gasteiger partial charge in [-0.1, -0.05) is 29.4 Å². The summed E-state index contributed by atoms with van der Waals surface area (Å²) in [6, 6.07) is 14.8. The number of ether oxygens (including phenoxy) is 2. The van der Waals surface area contributed by atoms with Gasteiger partial charge in [0.1, 0.15) is 12.4 Å². The smallest absolute Gasteiger partial charge is 0.266 e. The summed E-state index contributed by atoms with van der Waals surface area (Å²) in [6.45, 7) is 4.60. The van der Waals surface area contributed by atoms with Gasteiger partial charge in [0.2, 0.25) is 5.90 Å². The third-order valence-corrected chi connectivity index (χ3v) is 5.24. The Bertz CT molecular complexity index is 1050. The molecule has 0 radical (unpaired) electrons. The molecule has 1 atom stereocenters. The molecule has 0 aromatic heterocycles. The van der Waals surface area contributed by atoms with Crippen molar-refractivity contribution in [2.75, 3.05) is 19.8 Å². The molecule has 10 heteroatoms. The van der Waals surface area contributed by atoms with Crippen molar-refractivity contribution in [1.82, 2.24) is 10.9 Å². The van der Waals surface area contributed by atoms with E-state index in [0.29, 0.717) is 24.7 Å². The lowest BCUT2D eigenvalue weighted by Gasteiger charge is -2.25. The molecule has 0 fully saturated rings. The highest BCUT2D eigenvalue weighted by atomic mass is 16.5. The Hall–Kier alpha value is -3.59. The second-order valence-electron chi connectivity index (χ2n) is 8.27. The number of hydrazine groups is 1. The highest BCUT2D eigenvalue weighted by Gasteiger charge is 2.45. The number of carbonyl (C=O) groups is 1. The standard InChI is InChI=1S/C24H30N6O4/c1-17(2)28-29-23(32)24(14-19-6-3-4-7-20(19)15-26-30-25)16-34-22(27-24)18-8-10-21(11-9-18)33-13-5-12-31/h3-4,6-11,17,28,31H,5,12-16H2,1-2H3,(H,29,32)/t24-/m0/s1. The van der Waals surface area contributed by atoms with Crippen molar-refractivity contribution in [2.24, 2.45) is 10.1 Å². The SMILES string of the molecule is CC(C)NNC(=O)[C@]1(Cc2ccccc2CN=[N+]=[N-])COC(c2ccc(OCCCO)cc2)=N1. The topological polar surface area (TPSA) is 141 Å². The third kappa shape index (κ3) is 6.48. The number of hydrogen-bond acceptors (Lipinski definition) is 7. The van der Waals surface area contributed by atoms with Gasteiger partial charge in [0.15, 0.2) is 5.54 Å². The lowest BCUT2D eigenvalue weighted by atomic mass is 9.89. The van der Waals surface area contributed by atoms with Gasteiger partial charge in [-0.25, -0.2) is 10.4 Å². The molecule has 0 saturated heterocycles. The Balaban J connectivity index is 1.88. The van der Waals surface area contributed by atoms with E-state index in [2.05, 4.69) is 20.9 Å². The molecule has 1 aliphatic rings. The summed E-state index contributed by atoms with van der Waals surface area (Å²) in [4.78, 5) is 20.9. The van der Waals surface area contributed by atoms with Crippen LogP contribution in [0.15, 0.2) is 58.6 Å². The van der Waals surface area contributed by atoms with E-state index in [0.717, 1.165) is 16.7 Å². The number of nitrogens with one attached hydrogen (secondary N) is 2. The predicted molar refractivity (Wildman–Crippen MR) is 128 cm³/mol. The summed E-state index contributed by atoms with van der Waals surface area (Å²) in [5.74, 6) is 0.737. The number of nitrogens with zero attached hydrogens (tertiary/aromatic N) is 4. The normalized spacial score (nSPS) is 17.0. The molecular weight excluding hydrogens is 436 g/mol. The number of aliphatic imine (C=N–C) groups is 1. The van der Waals surface area contributed by atoms with Crippen molar-refractivity contribution in [3.05, 3.63) is 75.7 Å². The van der Waals surface area contributed by atoms with Crippen molar-refractivity contribution >= 4 is 11.8 Å². The molecule has 3 rings (SSSR count). The van der Waals surface area contributed by atoms with Crippen LogP contribution >= 0.6 is 0 Å². The molecule has 0 spiro atoms. The van der Waals surface area contributed by atoms with E-state index < -0.39 is 5.54 Å². The van der Waals surface area contributed by atoms with E-state index in [1.54, 1.807) is 12.1 Å². The first-order valence-electron chi connectivity index (χ1n) is 11.2. The van der Waals surface area contributed by atoms with Gasteiger partial charge in [0.05, 0.1) is 13.2 Å². The zero-order valence-corrected chi connectivity index (χ0v) is 19.4. The summed E-state index contributed by atoms with van der Waals surface area (Å²) in [5.41, 5.74) is 15.6. The molecule has 1 amide bonds. The number of hydrogen-bond donors (Lipinski definition) is 3. The Kier molecular flexibility index (Phi) is 8.86. The fraction of sp³-hybridized carbons (Fsp3) is 0.417. The summed E-state index contributed by atoms with van der Waals surface area (Å²) >= 11 is 0. The Morgan fingerprint density at radius 1 is 1.26 bits per heavy atom. The van der Waals surface area contributed by atoms with Gasteiger partial charge in [-0.3, -0.25) is 10.2 Å². The first-order valence-corrected chi connectivity index (χ1v) is 11.2. The van der Waals surface area contributed by atoms with Crippen LogP contribution in [0, 0.1) is 0 Å². The molecule has 0 saturated carbocycles. The average Bonchev–Trinajstić information content (AvgIpc) is 3.28. The maximum atomic E-state index is 13.3. The molecule has 34 heavy (non-hydrogen) atoms. The van der Waals surface area contributed by atoms with Crippen LogP contribution < -0.4 is 15.6 Å². The number of carbonyl (C=O) groups excluding carboxylic acids is 1. The van der Waals surface area contributed by atoms with Crippen molar-refractivity contribution in [2.45, 2.75) is 44.8 Å². The minimum Gasteiger partial charge on any atom is -0.494 e. The van der Waals surface area contributed by atoms with Gasteiger partial charge in [-0.05, 0) is 54.8 Å². The molecule has 1 heterocycles. The highest BCUT2D eigenvalue weighted by molar-refractivity contribution is 6.00. The molecule has 10 nitrogen and oxygen atoms in total. The van der Waals surface area contributed by atoms with Crippen molar-refractivity contribution in [3.8, 4) is 5.75 Å². The van der Waals surface area contributed by atoms with E-state index in [1.807, 2.05) is 50.2 Å². The maximum absolute atomic E-state index is 13.3. The molecule has 180 valence electrons. The van der Waals surface area contributed by atoms with Gasteiger partial charge in [0.25, 0.3) is 5.91 Å². The number of rotatable bonds is 12. The number of benzene rings is 2. The van der Waals surface area contributed by atoms with Crippen molar-refractivity contribution in [3.63, 3.8) is 0 Å². The number of azide groups is 1. The van der Waals surface area contributed by atoms with Gasteiger partial charge < -0.3 is 14.6 Å². The highest BCUT2D eigenvalue weighted by Crippen LogP contribution is 2.29. The quantitative estimate of drug-likeness (QED) is 0.145. The van der Waals surface area contributed by atoms with Gasteiger partial charge in [0, 0.05) is 36.0 Å². The Morgan fingerprint density at radius 3 is 2.68 bits per heavy atom. The van der Waals surface area contributed by atoms with Crippen LogP contribution in [0.2, 0.25) is 0 Å². The van der Waals surface area contributed by atoms with Gasteiger partial charge >= 0.3 is 0 Å². The lowest BCUT2D eigenvalue weighted by molar-refractivity contribution is -0.127. The second-order valence-corrected chi connectivity index (χ2v) is 8.27. The number of aliphatic hydroxyl groups excluding tert-OH is 1. The monoisotopic (exact) mass is 466 g/mol. The van der Waals surface area contributed by atoms with Gasteiger partial charge in [-0.15, -0.1) is 0 Å². The zero-order chi connectivity index (χ0) is 24.4. The number of aliphatic hydroxyl groups is 1. The summed E-state index contributed by atoms with van der Waals surface area (Å²) < 4.78 is 11.5. The van der Waals surface area contributed by atoms with E-state index in [9.17, 15) is 4.79 Å². The van der Waals surface area contributed by atoms with Crippen LogP contribution in [0.25, 0.3) is 10.4 Å². The predicted octanol–water partition coefficient (Wildman–Crippen LogP) is 3.05. The van der Waals surface area contributed by atoms with E-state index >= 15 is 0 Å². The lowest BCUT2D eigenvalue weighted by Crippen LogP contribution is -2.54. The minimum atomic E-state index is -1.19. The van der Waals surface area contributed by atoms with Crippen LogP contribution in [0.4, 0.5) is 0 Å². The first-order chi connectivity index (χ1) is 16.5. The van der Waals surface area contributed by atoms with Gasteiger partial charge in [-0.2, -0.15) is 0 Å². The molecule has 3 N–H and O–H groups in total. The number of amides is 1. The fourth-order valence-corrected chi connectivity index (χ4v) is 3.46. The average molecular weight is 467 g/mol. The Labute approximate surface area is 198 Å². The molecule has 2 aromatic rings. The molecular formula is C24H30N6O4. The van der Waals surface area contributed by atoms with Crippen LogP contribution in [-0.4, -0.2) is 48.3 Å². The molecule has 2 aromatic carbocycles. The molecule has 0 unspecified atom stereocenters. The van der Waals surface area contributed by atoms with Crippen LogP contribution in [-0.2, 0) is 22.5 Å². The van der Waals surface area contributed by atoms with E-state index in [1.165, 1.54) is 0 Å². The fourth-order valence-electron chi connectivity index (χ4n) is 3.46. The van der Waals surface area contributed by atoms with Crippen LogP contribution in [0.1, 0.15) is 37.0 Å². The summed E-state index contributed by atoms with van der Waals surface area (Å²) in [7, 11) is 0. The third-order valence-electron chi connectivity index (χ3n) is 5.24. The van der Waals surface area contributed by atoms with Crippen molar-refractivity contribution < 1.29 is 19.4 Å². The summed E-state index contributed by atoms with van der Waals surface area (Å²) in [5, 5.41) is 12.6. The molecule has 0 bridgehead atoms. The molecule has 1 aliphatic heterocycles. The second kappa shape index (κ2) is 12.0. The molecule has 0 aliphatic carbocycles. The Morgan fingerprint density at radius 2 is 2.00 bits per heavy atom. The van der Waals surface area contributed by atoms with Crippen LogP contribution in [0.5, 0.6) is 5.75 Å². The largest absolute Gasteiger partial charge is 0.494 e. The zero-order valence-electron chi connectivity index (χ0n) is 19.4. The van der Waals surface area contributed by atoms with E-state index in [-0.39, 0.29) is 38.1 Å². The maximum Gasteiger partial charge on any atom is 0.266 e. The van der Waals surface area contributed by atoms with E-state index in [4.69, 9.17) is 25.1 Å². The van der Waals surface area contributed by atoms with Crippen molar-refractivity contribution in [1.29, 1.82) is 0 Å². The minimum absolute atomic E-state index is 0.0439. The first kappa shape index (κ1) is 25.0.